The monoisotopic (exact) mass is 381 g/mol. The van der Waals surface area contributed by atoms with Crippen LogP contribution in [0.4, 0.5) is 0 Å². The van der Waals surface area contributed by atoms with Gasteiger partial charge in [0.25, 0.3) is 5.91 Å². The van der Waals surface area contributed by atoms with Gasteiger partial charge in [-0.15, -0.1) is 0 Å². The normalized spacial score (nSPS) is 11.8. The summed E-state index contributed by atoms with van der Waals surface area (Å²) in [5, 5.41) is 2.93. The smallest absolute Gasteiger partial charge is 0.331 e. The molecule has 0 aromatic heterocycles. The maximum atomic E-state index is 12.2. The van der Waals surface area contributed by atoms with E-state index in [0.717, 1.165) is 24.0 Å². The highest BCUT2D eigenvalue weighted by Gasteiger charge is 2.14. The van der Waals surface area contributed by atoms with Crippen LogP contribution in [0, 0.1) is 0 Å². The van der Waals surface area contributed by atoms with E-state index >= 15 is 0 Å². The summed E-state index contributed by atoms with van der Waals surface area (Å²) in [4.78, 5) is 24.1. The van der Waals surface area contributed by atoms with E-state index in [1.807, 2.05) is 61.5 Å². The largest absolute Gasteiger partial charge is 0.493 e. The molecular weight excluding hydrogens is 354 g/mol. The van der Waals surface area contributed by atoms with Gasteiger partial charge in [-0.25, -0.2) is 4.79 Å². The summed E-state index contributed by atoms with van der Waals surface area (Å²) in [6.45, 7) is 4.18. The van der Waals surface area contributed by atoms with Crippen LogP contribution in [0.25, 0.3) is 6.08 Å². The molecule has 0 aliphatic rings. The number of carbonyl (C=O) groups is 2. The summed E-state index contributed by atoms with van der Waals surface area (Å²) < 4.78 is 10.6. The Morgan fingerprint density at radius 3 is 2.46 bits per heavy atom. The second-order valence-corrected chi connectivity index (χ2v) is 6.23. The molecule has 0 saturated heterocycles. The summed E-state index contributed by atoms with van der Waals surface area (Å²) in [7, 11) is 0. The van der Waals surface area contributed by atoms with Crippen molar-refractivity contribution in [3.63, 3.8) is 0 Å². The predicted molar refractivity (Wildman–Crippen MR) is 110 cm³/mol. The van der Waals surface area contributed by atoms with Crippen LogP contribution in [0.1, 0.15) is 43.9 Å². The average Bonchev–Trinajstić information content (AvgIpc) is 2.72. The van der Waals surface area contributed by atoms with Crippen molar-refractivity contribution >= 4 is 18.0 Å². The van der Waals surface area contributed by atoms with E-state index in [1.165, 1.54) is 6.08 Å². The van der Waals surface area contributed by atoms with Gasteiger partial charge in [-0.2, -0.15) is 0 Å². The molecule has 0 bridgehead atoms. The first-order chi connectivity index (χ1) is 13.6. The Morgan fingerprint density at radius 2 is 1.75 bits per heavy atom. The van der Waals surface area contributed by atoms with Crippen molar-refractivity contribution in [3.05, 3.63) is 71.8 Å². The molecule has 0 aliphatic carbocycles. The summed E-state index contributed by atoms with van der Waals surface area (Å²) in [6.07, 6.45) is 4.67. The van der Waals surface area contributed by atoms with E-state index in [2.05, 4.69) is 12.2 Å². The molecule has 1 atom stereocenters. The van der Waals surface area contributed by atoms with Gasteiger partial charge in [0.15, 0.2) is 6.61 Å². The Morgan fingerprint density at radius 1 is 1.04 bits per heavy atom. The summed E-state index contributed by atoms with van der Waals surface area (Å²) in [6, 6.07) is 17.1. The van der Waals surface area contributed by atoms with Gasteiger partial charge in [0.1, 0.15) is 5.75 Å². The highest BCUT2D eigenvalue weighted by atomic mass is 16.5. The number of nitrogens with one attached hydrogen (secondary N) is 1. The lowest BCUT2D eigenvalue weighted by atomic mass is 10.0. The SMILES string of the molecule is CCCC(NC(=O)COC(=O)/C=C/c1ccccc1OCC)c1ccccc1. The molecule has 28 heavy (non-hydrogen) atoms. The molecule has 1 N–H and O–H groups in total. The molecule has 2 rings (SSSR count). The number of esters is 1. The molecular formula is C23H27NO4. The standard InChI is InChI=1S/C23H27NO4/c1-3-10-20(18-11-6-5-7-12-18)24-22(25)17-28-23(26)16-15-19-13-8-9-14-21(19)27-4-2/h5-9,11-16,20H,3-4,10,17H2,1-2H3,(H,24,25)/b16-15+. The van der Waals surface area contributed by atoms with Gasteiger partial charge < -0.3 is 14.8 Å². The second kappa shape index (κ2) is 11.6. The van der Waals surface area contributed by atoms with E-state index in [0.29, 0.717) is 12.4 Å². The van der Waals surface area contributed by atoms with Crippen LogP contribution in [0.15, 0.2) is 60.7 Å². The van der Waals surface area contributed by atoms with Crippen molar-refractivity contribution in [1.82, 2.24) is 5.32 Å². The molecule has 1 unspecified atom stereocenters. The third-order valence-corrected chi connectivity index (χ3v) is 4.08. The molecule has 148 valence electrons. The van der Waals surface area contributed by atoms with Gasteiger partial charge in [0.2, 0.25) is 0 Å². The Hall–Kier alpha value is -3.08. The van der Waals surface area contributed by atoms with Crippen LogP contribution in [0.3, 0.4) is 0 Å². The molecule has 0 radical (unpaired) electrons. The summed E-state index contributed by atoms with van der Waals surface area (Å²) in [5.74, 6) is -0.205. The van der Waals surface area contributed by atoms with Crippen molar-refractivity contribution in [2.24, 2.45) is 0 Å². The predicted octanol–water partition coefficient (Wildman–Crippen LogP) is 4.30. The zero-order valence-electron chi connectivity index (χ0n) is 16.4. The molecule has 2 aromatic rings. The summed E-state index contributed by atoms with van der Waals surface area (Å²) >= 11 is 0. The maximum absolute atomic E-state index is 12.2. The van der Waals surface area contributed by atoms with Crippen molar-refractivity contribution in [2.45, 2.75) is 32.7 Å². The zero-order valence-corrected chi connectivity index (χ0v) is 16.4. The minimum atomic E-state index is -0.576. The molecule has 5 heteroatoms. The number of hydrogen-bond donors (Lipinski definition) is 1. The fraction of sp³-hybridized carbons (Fsp3) is 0.304. The quantitative estimate of drug-likeness (QED) is 0.492. The average molecular weight is 381 g/mol. The van der Waals surface area contributed by atoms with Crippen LogP contribution in [-0.4, -0.2) is 25.1 Å². The maximum Gasteiger partial charge on any atom is 0.331 e. The zero-order chi connectivity index (χ0) is 20.2. The first-order valence-electron chi connectivity index (χ1n) is 9.55. The topological polar surface area (TPSA) is 64.6 Å². The number of benzene rings is 2. The number of carbonyl (C=O) groups excluding carboxylic acids is 2. The minimum absolute atomic E-state index is 0.0917. The van der Waals surface area contributed by atoms with Crippen molar-refractivity contribution in [2.75, 3.05) is 13.2 Å². The van der Waals surface area contributed by atoms with E-state index in [4.69, 9.17) is 9.47 Å². The van der Waals surface area contributed by atoms with E-state index in [9.17, 15) is 9.59 Å². The molecule has 0 fully saturated rings. The fourth-order valence-electron chi connectivity index (χ4n) is 2.78. The van der Waals surface area contributed by atoms with Crippen LogP contribution in [0.2, 0.25) is 0 Å². The van der Waals surface area contributed by atoms with Gasteiger partial charge in [-0.1, -0.05) is 61.9 Å². The molecule has 0 heterocycles. The van der Waals surface area contributed by atoms with Gasteiger partial charge in [-0.05, 0) is 31.1 Å². The van der Waals surface area contributed by atoms with Gasteiger partial charge in [0, 0.05) is 11.6 Å². The lowest BCUT2D eigenvalue weighted by molar-refractivity contribution is -0.144. The highest BCUT2D eigenvalue weighted by molar-refractivity contribution is 5.89. The first-order valence-corrected chi connectivity index (χ1v) is 9.55. The van der Waals surface area contributed by atoms with Crippen LogP contribution in [0.5, 0.6) is 5.75 Å². The Labute approximate surface area is 166 Å². The van der Waals surface area contributed by atoms with Crippen molar-refractivity contribution < 1.29 is 19.1 Å². The third-order valence-electron chi connectivity index (χ3n) is 4.08. The second-order valence-electron chi connectivity index (χ2n) is 6.23. The Balaban J connectivity index is 1.87. The Kier molecular flexibility index (Phi) is 8.79. The van der Waals surface area contributed by atoms with Gasteiger partial charge in [0.05, 0.1) is 12.6 Å². The number of hydrogen-bond acceptors (Lipinski definition) is 4. The molecule has 2 aromatic carbocycles. The molecule has 5 nitrogen and oxygen atoms in total. The fourth-order valence-corrected chi connectivity index (χ4v) is 2.78. The molecule has 0 aliphatic heterocycles. The molecule has 0 spiro atoms. The lowest BCUT2D eigenvalue weighted by Crippen LogP contribution is -2.32. The number of ether oxygens (including phenoxy) is 2. The first kappa shape index (κ1) is 21.2. The molecule has 0 saturated carbocycles. The Bertz CT molecular complexity index is 786. The molecule has 1 amide bonds. The van der Waals surface area contributed by atoms with Crippen LogP contribution >= 0.6 is 0 Å². The highest BCUT2D eigenvalue weighted by Crippen LogP contribution is 2.19. The van der Waals surface area contributed by atoms with E-state index in [-0.39, 0.29) is 18.6 Å². The van der Waals surface area contributed by atoms with Crippen LogP contribution in [-0.2, 0) is 14.3 Å². The minimum Gasteiger partial charge on any atom is -0.493 e. The van der Waals surface area contributed by atoms with E-state index < -0.39 is 5.97 Å². The third kappa shape index (κ3) is 6.91. The van der Waals surface area contributed by atoms with Crippen molar-refractivity contribution in [1.29, 1.82) is 0 Å². The summed E-state index contributed by atoms with van der Waals surface area (Å²) in [5.41, 5.74) is 1.81. The van der Waals surface area contributed by atoms with Crippen molar-refractivity contribution in [3.8, 4) is 5.75 Å². The number of para-hydroxylation sites is 1. The van der Waals surface area contributed by atoms with E-state index in [1.54, 1.807) is 6.08 Å². The van der Waals surface area contributed by atoms with Gasteiger partial charge >= 0.3 is 5.97 Å². The van der Waals surface area contributed by atoms with Gasteiger partial charge in [-0.3, -0.25) is 4.79 Å². The lowest BCUT2D eigenvalue weighted by Gasteiger charge is -2.18. The number of amides is 1. The van der Waals surface area contributed by atoms with Crippen LogP contribution < -0.4 is 10.1 Å². The number of rotatable bonds is 10.